The van der Waals surface area contributed by atoms with Crippen LogP contribution in [0.1, 0.15) is 22.7 Å². The van der Waals surface area contributed by atoms with Crippen LogP contribution in [-0.4, -0.2) is 6.26 Å². The van der Waals surface area contributed by atoms with Crippen LogP contribution in [0, 0.1) is 6.92 Å². The minimum absolute atomic E-state index is 0.130. The van der Waals surface area contributed by atoms with E-state index in [1.165, 1.54) is 10.5 Å². The zero-order valence-corrected chi connectivity index (χ0v) is 14.8. The normalized spacial score (nSPS) is 12.5. The van der Waals surface area contributed by atoms with E-state index in [9.17, 15) is 0 Å². The SMILES string of the molecule is CSc1ccccc1C(N)c1cc(Br)c(C)cc1Br. The van der Waals surface area contributed by atoms with E-state index < -0.39 is 0 Å². The Hall–Kier alpha value is -0.290. The molecule has 0 spiro atoms. The van der Waals surface area contributed by atoms with Gasteiger partial charge in [0.15, 0.2) is 0 Å². The highest BCUT2D eigenvalue weighted by Crippen LogP contribution is 2.34. The first-order chi connectivity index (χ1) is 9.04. The molecule has 100 valence electrons. The lowest BCUT2D eigenvalue weighted by atomic mass is 9.99. The Morgan fingerprint density at radius 2 is 1.74 bits per heavy atom. The average molecular weight is 401 g/mol. The summed E-state index contributed by atoms with van der Waals surface area (Å²) in [6.07, 6.45) is 2.08. The molecule has 0 heterocycles. The molecule has 19 heavy (non-hydrogen) atoms. The summed E-state index contributed by atoms with van der Waals surface area (Å²) in [4.78, 5) is 1.22. The first-order valence-corrected chi connectivity index (χ1v) is 8.69. The van der Waals surface area contributed by atoms with Crippen LogP contribution in [0.3, 0.4) is 0 Å². The van der Waals surface area contributed by atoms with E-state index in [4.69, 9.17) is 5.73 Å². The minimum Gasteiger partial charge on any atom is -0.320 e. The summed E-state index contributed by atoms with van der Waals surface area (Å²) >= 11 is 8.92. The minimum atomic E-state index is -0.130. The second kappa shape index (κ2) is 6.44. The number of aryl methyl sites for hydroxylation is 1. The summed E-state index contributed by atoms with van der Waals surface area (Å²) < 4.78 is 2.14. The lowest BCUT2D eigenvalue weighted by Gasteiger charge is -2.18. The van der Waals surface area contributed by atoms with Crippen molar-refractivity contribution in [2.24, 2.45) is 5.73 Å². The molecule has 0 aliphatic rings. The van der Waals surface area contributed by atoms with Crippen LogP contribution in [0.15, 0.2) is 50.2 Å². The standard InChI is InChI=1S/C15H15Br2NS/c1-9-7-13(17)11(8-12(9)16)15(18)10-5-3-4-6-14(10)19-2/h3-8,15H,18H2,1-2H3. The molecule has 0 saturated heterocycles. The molecule has 0 saturated carbocycles. The number of rotatable bonds is 3. The Morgan fingerprint density at radius 3 is 2.42 bits per heavy atom. The van der Waals surface area contributed by atoms with Crippen molar-refractivity contribution in [3.05, 3.63) is 62.0 Å². The molecule has 1 atom stereocenters. The summed E-state index contributed by atoms with van der Waals surface area (Å²) in [5.41, 5.74) is 9.90. The highest BCUT2D eigenvalue weighted by molar-refractivity contribution is 9.11. The smallest absolute Gasteiger partial charge is 0.0574 e. The molecule has 2 rings (SSSR count). The Kier molecular flexibility index (Phi) is 5.12. The molecule has 0 radical (unpaired) electrons. The summed E-state index contributed by atoms with van der Waals surface area (Å²) in [7, 11) is 0. The number of benzene rings is 2. The molecule has 0 bridgehead atoms. The molecular formula is C15H15Br2NS. The number of nitrogens with two attached hydrogens (primary N) is 1. The fourth-order valence-electron chi connectivity index (χ4n) is 1.99. The molecular weight excluding hydrogens is 386 g/mol. The van der Waals surface area contributed by atoms with Gasteiger partial charge in [-0.05, 0) is 48.1 Å². The zero-order chi connectivity index (χ0) is 14.0. The molecule has 2 aromatic carbocycles. The van der Waals surface area contributed by atoms with Crippen molar-refractivity contribution in [3.8, 4) is 0 Å². The predicted molar refractivity (Wildman–Crippen MR) is 90.8 cm³/mol. The van der Waals surface area contributed by atoms with E-state index in [0.29, 0.717) is 0 Å². The Bertz CT molecular complexity index is 599. The van der Waals surface area contributed by atoms with Gasteiger partial charge in [0.05, 0.1) is 6.04 Å². The predicted octanol–water partition coefficient (Wildman–Crippen LogP) is 5.29. The topological polar surface area (TPSA) is 26.0 Å². The van der Waals surface area contributed by atoms with Gasteiger partial charge in [0.1, 0.15) is 0 Å². The monoisotopic (exact) mass is 399 g/mol. The number of hydrogen-bond acceptors (Lipinski definition) is 2. The zero-order valence-electron chi connectivity index (χ0n) is 10.8. The van der Waals surface area contributed by atoms with Gasteiger partial charge in [-0.3, -0.25) is 0 Å². The van der Waals surface area contributed by atoms with Gasteiger partial charge in [-0.2, -0.15) is 0 Å². The van der Waals surface area contributed by atoms with Gasteiger partial charge < -0.3 is 5.73 Å². The van der Waals surface area contributed by atoms with Crippen LogP contribution in [0.2, 0.25) is 0 Å². The molecule has 2 aromatic rings. The first kappa shape index (κ1) is 15.1. The van der Waals surface area contributed by atoms with Crippen molar-refractivity contribution in [2.75, 3.05) is 6.26 Å². The van der Waals surface area contributed by atoms with E-state index in [0.717, 1.165) is 20.1 Å². The molecule has 1 unspecified atom stereocenters. The fraction of sp³-hybridized carbons (Fsp3) is 0.200. The maximum Gasteiger partial charge on any atom is 0.0574 e. The van der Waals surface area contributed by atoms with E-state index in [-0.39, 0.29) is 6.04 Å². The van der Waals surface area contributed by atoms with Crippen molar-refractivity contribution in [2.45, 2.75) is 17.9 Å². The maximum atomic E-state index is 6.45. The number of thioether (sulfide) groups is 1. The summed E-state index contributed by atoms with van der Waals surface area (Å²) in [5, 5.41) is 0. The Balaban J connectivity index is 2.50. The van der Waals surface area contributed by atoms with E-state index >= 15 is 0 Å². The quantitative estimate of drug-likeness (QED) is 0.708. The van der Waals surface area contributed by atoms with Crippen molar-refractivity contribution >= 4 is 43.6 Å². The van der Waals surface area contributed by atoms with Gasteiger partial charge >= 0.3 is 0 Å². The second-order valence-corrected chi connectivity index (χ2v) is 6.90. The van der Waals surface area contributed by atoms with E-state index in [2.05, 4.69) is 69.3 Å². The molecule has 0 aliphatic heterocycles. The van der Waals surface area contributed by atoms with Crippen LogP contribution in [0.25, 0.3) is 0 Å². The third-order valence-electron chi connectivity index (χ3n) is 3.09. The van der Waals surface area contributed by atoms with Crippen molar-refractivity contribution < 1.29 is 0 Å². The number of hydrogen-bond donors (Lipinski definition) is 1. The molecule has 0 aliphatic carbocycles. The highest BCUT2D eigenvalue weighted by Gasteiger charge is 2.16. The molecule has 2 N–H and O–H groups in total. The fourth-order valence-corrected chi connectivity index (χ4v) is 3.70. The molecule has 4 heteroatoms. The number of halogens is 2. The highest BCUT2D eigenvalue weighted by atomic mass is 79.9. The third-order valence-corrected chi connectivity index (χ3v) is 5.44. The van der Waals surface area contributed by atoms with E-state index in [1.54, 1.807) is 11.8 Å². The maximum absolute atomic E-state index is 6.45. The van der Waals surface area contributed by atoms with Crippen molar-refractivity contribution in [1.82, 2.24) is 0 Å². The van der Waals surface area contributed by atoms with Gasteiger partial charge in [0, 0.05) is 13.8 Å². The second-order valence-electron chi connectivity index (χ2n) is 4.34. The largest absolute Gasteiger partial charge is 0.320 e. The van der Waals surface area contributed by atoms with Crippen LogP contribution in [0.5, 0.6) is 0 Å². The van der Waals surface area contributed by atoms with Crippen LogP contribution >= 0.6 is 43.6 Å². The summed E-state index contributed by atoms with van der Waals surface area (Å²) in [5.74, 6) is 0. The third kappa shape index (κ3) is 3.24. The Labute approximate surface area is 135 Å². The van der Waals surface area contributed by atoms with Crippen LogP contribution in [0.4, 0.5) is 0 Å². The van der Waals surface area contributed by atoms with Crippen LogP contribution in [-0.2, 0) is 0 Å². The van der Waals surface area contributed by atoms with Gasteiger partial charge in [-0.15, -0.1) is 11.8 Å². The van der Waals surface area contributed by atoms with Gasteiger partial charge in [0.2, 0.25) is 0 Å². The van der Waals surface area contributed by atoms with Crippen molar-refractivity contribution in [1.29, 1.82) is 0 Å². The average Bonchev–Trinajstić information content (AvgIpc) is 2.42. The molecule has 0 aromatic heterocycles. The first-order valence-electron chi connectivity index (χ1n) is 5.88. The summed E-state index contributed by atoms with van der Waals surface area (Å²) in [6.45, 7) is 2.07. The van der Waals surface area contributed by atoms with Gasteiger partial charge in [0.25, 0.3) is 0 Å². The van der Waals surface area contributed by atoms with Crippen molar-refractivity contribution in [3.63, 3.8) is 0 Å². The molecule has 0 amide bonds. The molecule has 0 fully saturated rings. The summed E-state index contributed by atoms with van der Waals surface area (Å²) in [6, 6.07) is 12.3. The van der Waals surface area contributed by atoms with Gasteiger partial charge in [-0.25, -0.2) is 0 Å². The lowest BCUT2D eigenvalue weighted by Crippen LogP contribution is -2.13. The molecule has 1 nitrogen and oxygen atoms in total. The van der Waals surface area contributed by atoms with Gasteiger partial charge in [-0.1, -0.05) is 50.1 Å². The van der Waals surface area contributed by atoms with Crippen LogP contribution < -0.4 is 5.73 Å². The lowest BCUT2D eigenvalue weighted by molar-refractivity contribution is 0.841. The Morgan fingerprint density at radius 1 is 1.05 bits per heavy atom. The van der Waals surface area contributed by atoms with E-state index in [1.807, 2.05) is 12.1 Å².